The van der Waals surface area contributed by atoms with E-state index < -0.39 is 0 Å². The molecule has 0 saturated heterocycles. The molecular weight excluding hydrogens is 240 g/mol. The summed E-state index contributed by atoms with van der Waals surface area (Å²) in [6.45, 7) is 0. The van der Waals surface area contributed by atoms with Crippen LogP contribution in [0.4, 0.5) is 0 Å². The maximum absolute atomic E-state index is 9.91. The SMILES string of the molecule is Oc1cccc(-c2cn[nH]c2-c2ccccc2O)c1. The number of benzene rings is 2. The molecule has 0 amide bonds. The third-order valence-corrected chi connectivity index (χ3v) is 2.97. The van der Waals surface area contributed by atoms with E-state index in [0.29, 0.717) is 5.56 Å². The number of H-pyrrole nitrogens is 1. The van der Waals surface area contributed by atoms with E-state index in [-0.39, 0.29) is 11.5 Å². The number of nitrogens with zero attached hydrogens (tertiary/aromatic N) is 1. The summed E-state index contributed by atoms with van der Waals surface area (Å²) >= 11 is 0. The number of rotatable bonds is 2. The predicted molar refractivity (Wildman–Crippen MR) is 72.8 cm³/mol. The van der Waals surface area contributed by atoms with Gasteiger partial charge in [-0.25, -0.2) is 0 Å². The number of nitrogens with one attached hydrogen (secondary N) is 1. The molecule has 0 aliphatic carbocycles. The number of phenols is 2. The van der Waals surface area contributed by atoms with Crippen molar-refractivity contribution < 1.29 is 10.2 Å². The molecule has 3 N–H and O–H groups in total. The van der Waals surface area contributed by atoms with Crippen LogP contribution in [-0.4, -0.2) is 20.4 Å². The van der Waals surface area contributed by atoms with Crippen LogP contribution in [0.2, 0.25) is 0 Å². The molecule has 94 valence electrons. The van der Waals surface area contributed by atoms with Gasteiger partial charge in [-0.2, -0.15) is 5.10 Å². The van der Waals surface area contributed by atoms with Crippen LogP contribution in [0.25, 0.3) is 22.4 Å². The van der Waals surface area contributed by atoms with Gasteiger partial charge in [-0.15, -0.1) is 0 Å². The molecule has 0 atom stereocenters. The van der Waals surface area contributed by atoms with Crippen LogP contribution in [0, 0.1) is 0 Å². The van der Waals surface area contributed by atoms with Gasteiger partial charge in [0.05, 0.1) is 11.9 Å². The van der Waals surface area contributed by atoms with Crippen molar-refractivity contribution in [3.8, 4) is 33.9 Å². The number of hydrogen-bond acceptors (Lipinski definition) is 3. The first kappa shape index (κ1) is 11.3. The summed E-state index contributed by atoms with van der Waals surface area (Å²) in [5.41, 5.74) is 3.08. The van der Waals surface area contributed by atoms with E-state index in [4.69, 9.17) is 0 Å². The van der Waals surface area contributed by atoms with Gasteiger partial charge in [0, 0.05) is 11.1 Å². The molecule has 0 saturated carbocycles. The average molecular weight is 252 g/mol. The van der Waals surface area contributed by atoms with E-state index in [9.17, 15) is 10.2 Å². The largest absolute Gasteiger partial charge is 0.508 e. The summed E-state index contributed by atoms with van der Waals surface area (Å²) in [7, 11) is 0. The zero-order valence-corrected chi connectivity index (χ0v) is 10.0. The van der Waals surface area contributed by atoms with Crippen LogP contribution in [0.15, 0.2) is 54.7 Å². The first-order valence-electron chi connectivity index (χ1n) is 5.87. The zero-order chi connectivity index (χ0) is 13.2. The standard InChI is InChI=1S/C15H12N2O2/c18-11-5-3-4-10(8-11)13-9-16-17-15(13)12-6-1-2-7-14(12)19/h1-9,18-19H,(H,16,17). The Morgan fingerprint density at radius 2 is 1.74 bits per heavy atom. The summed E-state index contributed by atoms with van der Waals surface area (Å²) in [5, 5.41) is 26.4. The molecule has 0 unspecified atom stereocenters. The maximum Gasteiger partial charge on any atom is 0.124 e. The second-order valence-corrected chi connectivity index (χ2v) is 4.23. The van der Waals surface area contributed by atoms with Crippen LogP contribution in [-0.2, 0) is 0 Å². The molecule has 0 fully saturated rings. The number of hydrogen-bond donors (Lipinski definition) is 3. The van der Waals surface area contributed by atoms with Gasteiger partial charge in [0.1, 0.15) is 11.5 Å². The highest BCUT2D eigenvalue weighted by atomic mass is 16.3. The van der Waals surface area contributed by atoms with E-state index in [1.54, 1.807) is 36.5 Å². The molecule has 3 rings (SSSR count). The highest BCUT2D eigenvalue weighted by molar-refractivity contribution is 5.83. The van der Waals surface area contributed by atoms with Crippen molar-refractivity contribution in [2.24, 2.45) is 0 Å². The molecule has 0 radical (unpaired) electrons. The van der Waals surface area contributed by atoms with Crippen molar-refractivity contribution >= 4 is 0 Å². The van der Waals surface area contributed by atoms with Crippen molar-refractivity contribution in [2.45, 2.75) is 0 Å². The van der Waals surface area contributed by atoms with Gasteiger partial charge in [-0.3, -0.25) is 5.10 Å². The Bertz CT molecular complexity index is 719. The minimum Gasteiger partial charge on any atom is -0.508 e. The fraction of sp³-hybridized carbons (Fsp3) is 0. The second kappa shape index (κ2) is 4.49. The minimum atomic E-state index is 0.188. The molecule has 3 aromatic rings. The van der Waals surface area contributed by atoms with E-state index in [2.05, 4.69) is 10.2 Å². The fourth-order valence-electron chi connectivity index (χ4n) is 2.07. The number of aromatic nitrogens is 2. The molecular formula is C15H12N2O2. The quantitative estimate of drug-likeness (QED) is 0.656. The van der Waals surface area contributed by atoms with Crippen LogP contribution in [0.5, 0.6) is 11.5 Å². The first-order valence-corrected chi connectivity index (χ1v) is 5.87. The second-order valence-electron chi connectivity index (χ2n) is 4.23. The first-order chi connectivity index (χ1) is 9.25. The molecule has 0 aliphatic heterocycles. The Labute approximate surface area is 110 Å². The fourth-order valence-corrected chi connectivity index (χ4v) is 2.07. The Hall–Kier alpha value is -2.75. The third kappa shape index (κ3) is 2.04. The van der Waals surface area contributed by atoms with Crippen molar-refractivity contribution in [3.05, 3.63) is 54.7 Å². The Morgan fingerprint density at radius 3 is 2.53 bits per heavy atom. The molecule has 4 nitrogen and oxygen atoms in total. The molecule has 1 aromatic heterocycles. The average Bonchev–Trinajstić information content (AvgIpc) is 2.88. The lowest BCUT2D eigenvalue weighted by atomic mass is 10.0. The monoisotopic (exact) mass is 252 g/mol. The van der Waals surface area contributed by atoms with Gasteiger partial charge in [0.2, 0.25) is 0 Å². The lowest BCUT2D eigenvalue weighted by Gasteiger charge is -2.06. The number of aromatic amines is 1. The lowest BCUT2D eigenvalue weighted by Crippen LogP contribution is -1.83. The molecule has 4 heteroatoms. The maximum atomic E-state index is 9.91. The molecule has 0 aliphatic rings. The molecule has 1 heterocycles. The van der Waals surface area contributed by atoms with Gasteiger partial charge < -0.3 is 10.2 Å². The Kier molecular flexibility index (Phi) is 2.68. The van der Waals surface area contributed by atoms with Crippen LogP contribution < -0.4 is 0 Å². The zero-order valence-electron chi connectivity index (χ0n) is 10.0. The van der Waals surface area contributed by atoms with Crippen LogP contribution >= 0.6 is 0 Å². The lowest BCUT2D eigenvalue weighted by molar-refractivity contribution is 0.475. The van der Waals surface area contributed by atoms with Gasteiger partial charge >= 0.3 is 0 Å². The minimum absolute atomic E-state index is 0.188. The Balaban J connectivity index is 2.16. The van der Waals surface area contributed by atoms with Crippen molar-refractivity contribution in [1.82, 2.24) is 10.2 Å². The van der Waals surface area contributed by atoms with Crippen molar-refractivity contribution in [2.75, 3.05) is 0 Å². The van der Waals surface area contributed by atoms with E-state index in [0.717, 1.165) is 16.8 Å². The van der Waals surface area contributed by atoms with Crippen LogP contribution in [0.3, 0.4) is 0 Å². The van der Waals surface area contributed by atoms with E-state index in [1.165, 1.54) is 0 Å². The van der Waals surface area contributed by atoms with Gasteiger partial charge in [0.25, 0.3) is 0 Å². The van der Waals surface area contributed by atoms with Crippen molar-refractivity contribution in [1.29, 1.82) is 0 Å². The van der Waals surface area contributed by atoms with E-state index in [1.807, 2.05) is 18.2 Å². The topological polar surface area (TPSA) is 69.1 Å². The normalized spacial score (nSPS) is 10.5. The predicted octanol–water partition coefficient (Wildman–Crippen LogP) is 3.15. The van der Waals surface area contributed by atoms with Gasteiger partial charge in [0.15, 0.2) is 0 Å². The summed E-state index contributed by atoms with van der Waals surface area (Å²) in [6, 6.07) is 14.0. The smallest absolute Gasteiger partial charge is 0.124 e. The summed E-state index contributed by atoms with van der Waals surface area (Å²) in [6.07, 6.45) is 1.68. The summed E-state index contributed by atoms with van der Waals surface area (Å²) in [5.74, 6) is 0.384. The van der Waals surface area contributed by atoms with Gasteiger partial charge in [-0.05, 0) is 29.8 Å². The van der Waals surface area contributed by atoms with Crippen LogP contribution in [0.1, 0.15) is 0 Å². The van der Waals surface area contributed by atoms with E-state index >= 15 is 0 Å². The molecule has 0 bridgehead atoms. The molecule has 2 aromatic carbocycles. The molecule has 19 heavy (non-hydrogen) atoms. The Morgan fingerprint density at radius 1 is 0.895 bits per heavy atom. The van der Waals surface area contributed by atoms with Crippen molar-refractivity contribution in [3.63, 3.8) is 0 Å². The number of phenolic OH excluding ortho intramolecular Hbond substituents is 2. The highest BCUT2D eigenvalue weighted by Gasteiger charge is 2.12. The summed E-state index contributed by atoms with van der Waals surface area (Å²) in [4.78, 5) is 0. The summed E-state index contributed by atoms with van der Waals surface area (Å²) < 4.78 is 0. The highest BCUT2D eigenvalue weighted by Crippen LogP contribution is 2.35. The third-order valence-electron chi connectivity index (χ3n) is 2.97. The number of para-hydroxylation sites is 1. The molecule has 0 spiro atoms. The van der Waals surface area contributed by atoms with Gasteiger partial charge in [-0.1, -0.05) is 24.3 Å². The number of aromatic hydroxyl groups is 2.